The maximum atomic E-state index is 12.2. The predicted octanol–water partition coefficient (Wildman–Crippen LogP) is 2.32. The van der Waals surface area contributed by atoms with Crippen LogP contribution in [0.3, 0.4) is 0 Å². The Morgan fingerprint density at radius 2 is 2.36 bits per heavy atom. The van der Waals surface area contributed by atoms with Crippen LogP contribution >= 0.6 is 0 Å². The molecule has 0 bridgehead atoms. The molecule has 22 heavy (non-hydrogen) atoms. The standard InChI is InChI=1S/C17H22N2O3/c1-11-14(9-17(20)18-10-13-4-3-7-22-13)15-8-12(21-2)5-6-16(15)19-11/h5-6,8,13,19H,3-4,7,9-10H2,1-2H3,(H,18,20). The van der Waals surface area contributed by atoms with E-state index in [1.165, 1.54) is 0 Å². The first kappa shape index (κ1) is 14.9. The monoisotopic (exact) mass is 302 g/mol. The number of hydrogen-bond donors (Lipinski definition) is 2. The molecule has 1 aromatic carbocycles. The first-order valence-electron chi connectivity index (χ1n) is 7.71. The zero-order valence-electron chi connectivity index (χ0n) is 13.1. The summed E-state index contributed by atoms with van der Waals surface area (Å²) in [7, 11) is 1.65. The molecule has 1 aromatic heterocycles. The van der Waals surface area contributed by atoms with Crippen LogP contribution in [0, 0.1) is 6.92 Å². The van der Waals surface area contributed by atoms with Crippen LogP contribution in [0.1, 0.15) is 24.1 Å². The molecule has 1 atom stereocenters. The van der Waals surface area contributed by atoms with Crippen LogP contribution in [0.15, 0.2) is 18.2 Å². The summed E-state index contributed by atoms with van der Waals surface area (Å²) in [5.41, 5.74) is 3.08. The normalized spacial score (nSPS) is 17.8. The summed E-state index contributed by atoms with van der Waals surface area (Å²) in [6, 6.07) is 5.87. The molecule has 5 heteroatoms. The van der Waals surface area contributed by atoms with E-state index in [-0.39, 0.29) is 12.0 Å². The van der Waals surface area contributed by atoms with Crippen LogP contribution in [0.25, 0.3) is 10.9 Å². The van der Waals surface area contributed by atoms with Crippen molar-refractivity contribution in [2.24, 2.45) is 0 Å². The van der Waals surface area contributed by atoms with E-state index < -0.39 is 0 Å². The van der Waals surface area contributed by atoms with Crippen molar-refractivity contribution in [2.75, 3.05) is 20.3 Å². The van der Waals surface area contributed by atoms with Gasteiger partial charge in [0.2, 0.25) is 5.91 Å². The number of rotatable bonds is 5. The molecule has 1 aliphatic rings. The average Bonchev–Trinajstić information content (AvgIpc) is 3.13. The second kappa shape index (κ2) is 6.40. The Balaban J connectivity index is 1.71. The molecule has 0 spiro atoms. The summed E-state index contributed by atoms with van der Waals surface area (Å²) in [6.45, 7) is 3.40. The van der Waals surface area contributed by atoms with E-state index in [0.717, 1.165) is 47.4 Å². The van der Waals surface area contributed by atoms with Crippen LogP contribution in [0.4, 0.5) is 0 Å². The van der Waals surface area contributed by atoms with Crippen molar-refractivity contribution in [2.45, 2.75) is 32.3 Å². The number of hydrogen-bond acceptors (Lipinski definition) is 3. The number of aryl methyl sites for hydroxylation is 1. The van der Waals surface area contributed by atoms with E-state index in [9.17, 15) is 4.79 Å². The van der Waals surface area contributed by atoms with E-state index >= 15 is 0 Å². The quantitative estimate of drug-likeness (QED) is 0.891. The Labute approximate surface area is 130 Å². The van der Waals surface area contributed by atoms with Crippen molar-refractivity contribution >= 4 is 16.8 Å². The largest absolute Gasteiger partial charge is 0.497 e. The third kappa shape index (κ3) is 3.09. The molecule has 1 fully saturated rings. The van der Waals surface area contributed by atoms with Crippen LogP contribution in [-0.2, 0) is 16.0 Å². The molecule has 0 saturated carbocycles. The fraction of sp³-hybridized carbons (Fsp3) is 0.471. The van der Waals surface area contributed by atoms with E-state index in [1.54, 1.807) is 7.11 Å². The minimum atomic E-state index is 0.0299. The molecular weight excluding hydrogens is 280 g/mol. The lowest BCUT2D eigenvalue weighted by atomic mass is 10.1. The van der Waals surface area contributed by atoms with Gasteiger partial charge in [-0.15, -0.1) is 0 Å². The Morgan fingerprint density at radius 3 is 3.09 bits per heavy atom. The molecule has 2 aromatic rings. The Morgan fingerprint density at radius 1 is 1.50 bits per heavy atom. The second-order valence-corrected chi connectivity index (χ2v) is 5.76. The second-order valence-electron chi connectivity index (χ2n) is 5.76. The van der Waals surface area contributed by atoms with E-state index in [1.807, 2.05) is 25.1 Å². The number of aromatic nitrogens is 1. The molecule has 118 valence electrons. The number of carbonyl (C=O) groups excluding carboxylic acids is 1. The minimum Gasteiger partial charge on any atom is -0.497 e. The fourth-order valence-electron chi connectivity index (χ4n) is 2.97. The SMILES string of the molecule is COc1ccc2[nH]c(C)c(CC(=O)NCC3CCCO3)c2c1. The van der Waals surface area contributed by atoms with Crippen molar-refractivity contribution in [1.82, 2.24) is 10.3 Å². The number of nitrogens with one attached hydrogen (secondary N) is 2. The number of carbonyl (C=O) groups is 1. The van der Waals surface area contributed by atoms with Crippen molar-refractivity contribution < 1.29 is 14.3 Å². The van der Waals surface area contributed by atoms with E-state index in [2.05, 4.69) is 10.3 Å². The summed E-state index contributed by atoms with van der Waals surface area (Å²) in [4.78, 5) is 15.5. The number of benzene rings is 1. The average molecular weight is 302 g/mol. The van der Waals surface area contributed by atoms with Gasteiger partial charge in [-0.05, 0) is 43.5 Å². The number of H-pyrrole nitrogens is 1. The van der Waals surface area contributed by atoms with Gasteiger partial charge in [0.1, 0.15) is 5.75 Å². The maximum Gasteiger partial charge on any atom is 0.224 e. The highest BCUT2D eigenvalue weighted by Crippen LogP contribution is 2.26. The van der Waals surface area contributed by atoms with Gasteiger partial charge in [-0.25, -0.2) is 0 Å². The zero-order chi connectivity index (χ0) is 15.5. The third-order valence-electron chi connectivity index (χ3n) is 4.21. The van der Waals surface area contributed by atoms with Gasteiger partial charge in [0, 0.05) is 29.7 Å². The predicted molar refractivity (Wildman–Crippen MR) is 85.3 cm³/mol. The summed E-state index contributed by atoms with van der Waals surface area (Å²) in [6.07, 6.45) is 2.66. The topological polar surface area (TPSA) is 63.4 Å². The molecular formula is C17H22N2O3. The highest BCUT2D eigenvalue weighted by Gasteiger charge is 2.17. The number of aromatic amines is 1. The van der Waals surface area contributed by atoms with Crippen molar-refractivity contribution in [3.05, 3.63) is 29.5 Å². The van der Waals surface area contributed by atoms with Gasteiger partial charge in [-0.2, -0.15) is 0 Å². The lowest BCUT2D eigenvalue weighted by Crippen LogP contribution is -2.32. The van der Waals surface area contributed by atoms with Crippen LogP contribution < -0.4 is 10.1 Å². The maximum absolute atomic E-state index is 12.2. The smallest absolute Gasteiger partial charge is 0.224 e. The highest BCUT2D eigenvalue weighted by atomic mass is 16.5. The Hall–Kier alpha value is -2.01. The third-order valence-corrected chi connectivity index (χ3v) is 4.21. The molecule has 0 radical (unpaired) electrons. The lowest BCUT2D eigenvalue weighted by molar-refractivity contribution is -0.120. The van der Waals surface area contributed by atoms with Gasteiger partial charge >= 0.3 is 0 Å². The first-order chi connectivity index (χ1) is 10.7. The van der Waals surface area contributed by atoms with Gasteiger partial charge < -0.3 is 19.8 Å². The van der Waals surface area contributed by atoms with Crippen molar-refractivity contribution in [3.63, 3.8) is 0 Å². The van der Waals surface area contributed by atoms with E-state index in [4.69, 9.17) is 9.47 Å². The van der Waals surface area contributed by atoms with Gasteiger partial charge in [-0.1, -0.05) is 0 Å². The molecule has 2 heterocycles. The van der Waals surface area contributed by atoms with E-state index in [0.29, 0.717) is 13.0 Å². The van der Waals surface area contributed by atoms with Crippen molar-refractivity contribution in [1.29, 1.82) is 0 Å². The Kier molecular flexibility index (Phi) is 4.34. The molecule has 5 nitrogen and oxygen atoms in total. The number of amides is 1. The van der Waals surface area contributed by atoms with Gasteiger partial charge in [0.25, 0.3) is 0 Å². The molecule has 1 saturated heterocycles. The molecule has 1 aliphatic heterocycles. The summed E-state index contributed by atoms with van der Waals surface area (Å²) in [5.74, 6) is 0.829. The summed E-state index contributed by atoms with van der Waals surface area (Å²) < 4.78 is 10.8. The molecule has 0 aliphatic carbocycles. The van der Waals surface area contributed by atoms with Gasteiger partial charge in [0.15, 0.2) is 0 Å². The number of fused-ring (bicyclic) bond motifs is 1. The van der Waals surface area contributed by atoms with Gasteiger partial charge in [-0.3, -0.25) is 4.79 Å². The molecule has 1 amide bonds. The summed E-state index contributed by atoms with van der Waals surface area (Å²) in [5, 5.41) is 4.02. The molecule has 3 rings (SSSR count). The highest BCUT2D eigenvalue weighted by molar-refractivity contribution is 5.91. The fourth-order valence-corrected chi connectivity index (χ4v) is 2.97. The zero-order valence-corrected chi connectivity index (χ0v) is 13.1. The van der Waals surface area contributed by atoms with Crippen LogP contribution in [0.2, 0.25) is 0 Å². The summed E-state index contributed by atoms with van der Waals surface area (Å²) >= 11 is 0. The first-order valence-corrected chi connectivity index (χ1v) is 7.71. The van der Waals surface area contributed by atoms with Gasteiger partial charge in [0.05, 0.1) is 19.6 Å². The molecule has 1 unspecified atom stereocenters. The van der Waals surface area contributed by atoms with Crippen molar-refractivity contribution in [3.8, 4) is 5.75 Å². The van der Waals surface area contributed by atoms with Crippen LogP contribution in [0.5, 0.6) is 5.75 Å². The van der Waals surface area contributed by atoms with Crippen LogP contribution in [-0.4, -0.2) is 37.3 Å². The minimum absolute atomic E-state index is 0.0299. The molecule has 2 N–H and O–H groups in total. The lowest BCUT2D eigenvalue weighted by Gasteiger charge is -2.11. The number of ether oxygens (including phenoxy) is 2. The number of methoxy groups -OCH3 is 1. The Bertz CT molecular complexity index is 672.